The van der Waals surface area contributed by atoms with Crippen molar-refractivity contribution < 1.29 is 13.2 Å². The SMILES string of the molecule is CNC(c1ccc(F)c(F)c1F)C1CC1c1ccccc1. The number of hydrogen-bond donors (Lipinski definition) is 1. The third-order valence-corrected chi connectivity index (χ3v) is 4.21. The molecule has 0 spiro atoms. The van der Waals surface area contributed by atoms with Crippen LogP contribution >= 0.6 is 0 Å². The lowest BCUT2D eigenvalue weighted by atomic mass is 9.98. The third kappa shape index (κ3) is 2.56. The summed E-state index contributed by atoms with van der Waals surface area (Å²) < 4.78 is 40.4. The normalized spacial score (nSPS) is 22.1. The van der Waals surface area contributed by atoms with Crippen LogP contribution < -0.4 is 5.32 Å². The van der Waals surface area contributed by atoms with E-state index in [9.17, 15) is 13.2 Å². The highest BCUT2D eigenvalue weighted by molar-refractivity contribution is 5.31. The van der Waals surface area contributed by atoms with Crippen molar-refractivity contribution in [2.45, 2.75) is 18.4 Å². The third-order valence-electron chi connectivity index (χ3n) is 4.21. The maximum Gasteiger partial charge on any atom is 0.194 e. The molecule has 21 heavy (non-hydrogen) atoms. The van der Waals surface area contributed by atoms with E-state index in [1.807, 2.05) is 30.3 Å². The molecular formula is C17H16F3N. The molecule has 4 heteroatoms. The van der Waals surface area contributed by atoms with Crippen molar-refractivity contribution in [3.8, 4) is 0 Å². The quantitative estimate of drug-likeness (QED) is 0.834. The van der Waals surface area contributed by atoms with Gasteiger partial charge >= 0.3 is 0 Å². The Kier molecular flexibility index (Phi) is 3.72. The second-order valence-corrected chi connectivity index (χ2v) is 5.45. The molecule has 1 aliphatic rings. The predicted molar refractivity (Wildman–Crippen MR) is 75.4 cm³/mol. The van der Waals surface area contributed by atoms with Crippen molar-refractivity contribution in [2.24, 2.45) is 5.92 Å². The average Bonchev–Trinajstić information content (AvgIpc) is 3.29. The molecule has 110 valence electrons. The van der Waals surface area contributed by atoms with Crippen molar-refractivity contribution in [3.63, 3.8) is 0 Å². The fourth-order valence-corrected chi connectivity index (χ4v) is 3.05. The predicted octanol–water partition coefficient (Wildman–Crippen LogP) is 4.17. The molecule has 1 saturated carbocycles. The van der Waals surface area contributed by atoms with Crippen LogP contribution in [0.1, 0.15) is 29.5 Å². The van der Waals surface area contributed by atoms with E-state index in [0.29, 0.717) is 5.92 Å². The molecule has 1 fully saturated rings. The van der Waals surface area contributed by atoms with Gasteiger partial charge in [-0.25, -0.2) is 13.2 Å². The molecule has 2 aromatic carbocycles. The van der Waals surface area contributed by atoms with Crippen LogP contribution in [0, 0.1) is 23.4 Å². The van der Waals surface area contributed by atoms with E-state index >= 15 is 0 Å². The van der Waals surface area contributed by atoms with Crippen LogP contribution in [0.25, 0.3) is 0 Å². The van der Waals surface area contributed by atoms with Gasteiger partial charge < -0.3 is 5.32 Å². The molecule has 0 amide bonds. The number of hydrogen-bond acceptors (Lipinski definition) is 1. The Bertz CT molecular complexity index is 642. The monoisotopic (exact) mass is 291 g/mol. The highest BCUT2D eigenvalue weighted by atomic mass is 19.2. The van der Waals surface area contributed by atoms with Crippen molar-refractivity contribution in [3.05, 3.63) is 71.0 Å². The Morgan fingerprint density at radius 1 is 1.00 bits per heavy atom. The van der Waals surface area contributed by atoms with Crippen LogP contribution in [0.2, 0.25) is 0 Å². The van der Waals surface area contributed by atoms with Crippen LogP contribution in [0.3, 0.4) is 0 Å². The van der Waals surface area contributed by atoms with Gasteiger partial charge in [-0.2, -0.15) is 0 Å². The molecule has 0 aromatic heterocycles. The largest absolute Gasteiger partial charge is 0.313 e. The molecule has 0 radical (unpaired) electrons. The van der Waals surface area contributed by atoms with Gasteiger partial charge in [-0.1, -0.05) is 36.4 Å². The smallest absolute Gasteiger partial charge is 0.194 e. The molecule has 1 aliphatic carbocycles. The van der Waals surface area contributed by atoms with E-state index in [2.05, 4.69) is 5.32 Å². The Morgan fingerprint density at radius 3 is 2.38 bits per heavy atom. The van der Waals surface area contributed by atoms with E-state index in [4.69, 9.17) is 0 Å². The number of halogens is 3. The summed E-state index contributed by atoms with van der Waals surface area (Å²) in [6, 6.07) is 12.0. The van der Waals surface area contributed by atoms with Gasteiger partial charge in [0.05, 0.1) is 0 Å². The van der Waals surface area contributed by atoms with Crippen molar-refractivity contribution in [2.75, 3.05) is 7.05 Å². The summed E-state index contributed by atoms with van der Waals surface area (Å²) in [5.74, 6) is -3.12. The first-order valence-electron chi connectivity index (χ1n) is 6.99. The second kappa shape index (κ2) is 5.53. The maximum absolute atomic E-state index is 14.0. The minimum absolute atomic E-state index is 0.191. The first-order valence-corrected chi connectivity index (χ1v) is 6.99. The fraction of sp³-hybridized carbons (Fsp3) is 0.294. The van der Waals surface area contributed by atoms with Gasteiger partial charge in [0.15, 0.2) is 17.5 Å². The summed E-state index contributed by atoms with van der Waals surface area (Å²) >= 11 is 0. The summed E-state index contributed by atoms with van der Waals surface area (Å²) in [6.45, 7) is 0. The van der Waals surface area contributed by atoms with Crippen LogP contribution in [-0.4, -0.2) is 7.05 Å². The summed E-state index contributed by atoms with van der Waals surface area (Å²) in [5.41, 5.74) is 1.39. The second-order valence-electron chi connectivity index (χ2n) is 5.45. The Balaban J connectivity index is 1.86. The van der Waals surface area contributed by atoms with Gasteiger partial charge in [0.2, 0.25) is 0 Å². The van der Waals surface area contributed by atoms with Crippen LogP contribution in [0.4, 0.5) is 13.2 Å². The standard InChI is InChI=1S/C17H16F3N/c1-21-17(11-7-8-14(18)16(20)15(11)19)13-9-12(13)10-5-3-2-4-6-10/h2-8,12-13,17,21H,9H2,1H3. The lowest BCUT2D eigenvalue weighted by Gasteiger charge is -2.18. The minimum Gasteiger partial charge on any atom is -0.313 e. The zero-order chi connectivity index (χ0) is 15.0. The van der Waals surface area contributed by atoms with E-state index in [1.165, 1.54) is 11.6 Å². The molecule has 3 rings (SSSR count). The van der Waals surface area contributed by atoms with Crippen LogP contribution in [-0.2, 0) is 0 Å². The summed E-state index contributed by atoms with van der Waals surface area (Å²) in [5, 5.41) is 3.04. The molecule has 3 atom stereocenters. The van der Waals surface area contributed by atoms with E-state index in [0.717, 1.165) is 12.5 Å². The molecule has 0 saturated heterocycles. The van der Waals surface area contributed by atoms with Crippen molar-refractivity contribution in [1.29, 1.82) is 0 Å². The van der Waals surface area contributed by atoms with Crippen LogP contribution in [0.15, 0.2) is 42.5 Å². The Hall–Kier alpha value is -1.81. The van der Waals surface area contributed by atoms with E-state index in [-0.39, 0.29) is 17.5 Å². The van der Waals surface area contributed by atoms with Gasteiger partial charge in [-0.3, -0.25) is 0 Å². The van der Waals surface area contributed by atoms with E-state index < -0.39 is 17.5 Å². The zero-order valence-electron chi connectivity index (χ0n) is 11.6. The number of nitrogens with one attached hydrogen (secondary N) is 1. The highest BCUT2D eigenvalue weighted by Gasteiger charge is 2.44. The first kappa shape index (κ1) is 14.1. The van der Waals surface area contributed by atoms with Crippen molar-refractivity contribution in [1.82, 2.24) is 5.32 Å². The first-order chi connectivity index (χ1) is 10.1. The fourth-order valence-electron chi connectivity index (χ4n) is 3.05. The lowest BCUT2D eigenvalue weighted by Crippen LogP contribution is -2.21. The molecule has 2 aromatic rings. The average molecular weight is 291 g/mol. The lowest BCUT2D eigenvalue weighted by molar-refractivity contribution is 0.418. The summed E-state index contributed by atoms with van der Waals surface area (Å²) in [6.07, 6.45) is 0.911. The molecule has 3 unspecified atom stereocenters. The van der Waals surface area contributed by atoms with Gasteiger partial charge in [0, 0.05) is 11.6 Å². The van der Waals surface area contributed by atoms with Gasteiger partial charge in [0.25, 0.3) is 0 Å². The maximum atomic E-state index is 14.0. The molecule has 0 aliphatic heterocycles. The highest BCUT2D eigenvalue weighted by Crippen LogP contribution is 2.54. The van der Waals surface area contributed by atoms with Gasteiger partial charge in [-0.05, 0) is 36.9 Å². The zero-order valence-corrected chi connectivity index (χ0v) is 11.6. The molecule has 0 heterocycles. The Morgan fingerprint density at radius 2 is 1.71 bits per heavy atom. The number of benzene rings is 2. The Labute approximate surface area is 121 Å². The van der Waals surface area contributed by atoms with Gasteiger partial charge in [0.1, 0.15) is 0 Å². The molecule has 0 bridgehead atoms. The van der Waals surface area contributed by atoms with Gasteiger partial charge in [-0.15, -0.1) is 0 Å². The number of rotatable bonds is 4. The molecule has 1 nitrogen and oxygen atoms in total. The summed E-state index contributed by atoms with van der Waals surface area (Å²) in [4.78, 5) is 0. The topological polar surface area (TPSA) is 12.0 Å². The van der Waals surface area contributed by atoms with Crippen LogP contribution in [0.5, 0.6) is 0 Å². The van der Waals surface area contributed by atoms with E-state index in [1.54, 1.807) is 7.05 Å². The molecular weight excluding hydrogens is 275 g/mol. The molecule has 1 N–H and O–H groups in total. The summed E-state index contributed by atoms with van der Waals surface area (Å²) in [7, 11) is 1.71. The minimum atomic E-state index is -1.40. The van der Waals surface area contributed by atoms with Crippen molar-refractivity contribution >= 4 is 0 Å².